The van der Waals surface area contributed by atoms with Gasteiger partial charge in [-0.15, -0.1) is 23.1 Å². The van der Waals surface area contributed by atoms with Crippen LogP contribution in [0.5, 0.6) is 0 Å². The van der Waals surface area contributed by atoms with Crippen molar-refractivity contribution < 1.29 is 27.6 Å². The molecule has 3 amide bonds. The summed E-state index contributed by atoms with van der Waals surface area (Å²) < 4.78 is 39.7. The largest absolute Gasteiger partial charge is 0.418 e. The molecular formula is C30H24F3N3O3S2. The van der Waals surface area contributed by atoms with Crippen molar-refractivity contribution in [1.82, 2.24) is 5.32 Å². The summed E-state index contributed by atoms with van der Waals surface area (Å²) in [5.74, 6) is -1.54. The lowest BCUT2D eigenvalue weighted by Gasteiger charge is -2.16. The highest BCUT2D eigenvalue weighted by Crippen LogP contribution is 2.35. The number of benzene rings is 3. The summed E-state index contributed by atoms with van der Waals surface area (Å²) in [5, 5.41) is 8.93. The Morgan fingerprint density at radius 1 is 0.854 bits per heavy atom. The number of hydrogen-bond acceptors (Lipinski definition) is 5. The van der Waals surface area contributed by atoms with Gasteiger partial charge in [-0.05, 0) is 73.0 Å². The molecule has 4 rings (SSSR count). The molecule has 0 aliphatic heterocycles. The second-order valence-electron chi connectivity index (χ2n) is 8.66. The van der Waals surface area contributed by atoms with Crippen LogP contribution in [-0.2, 0) is 15.8 Å². The Balaban J connectivity index is 1.40. The van der Waals surface area contributed by atoms with E-state index < -0.39 is 34.7 Å². The molecule has 210 valence electrons. The fourth-order valence-corrected chi connectivity index (χ4v) is 5.13. The van der Waals surface area contributed by atoms with Crippen molar-refractivity contribution in [1.29, 1.82) is 0 Å². The van der Waals surface area contributed by atoms with Gasteiger partial charge in [0.1, 0.15) is 5.70 Å². The Bertz CT molecular complexity index is 1540. The van der Waals surface area contributed by atoms with Crippen molar-refractivity contribution in [3.63, 3.8) is 0 Å². The number of halogens is 3. The Kier molecular flexibility index (Phi) is 9.64. The summed E-state index contributed by atoms with van der Waals surface area (Å²) in [7, 11) is 0. The Hall–Kier alpha value is -4.35. The molecule has 1 aromatic heterocycles. The second-order valence-corrected chi connectivity index (χ2v) is 11.1. The third kappa shape index (κ3) is 8.32. The minimum Gasteiger partial charge on any atom is -0.325 e. The monoisotopic (exact) mass is 595 g/mol. The van der Waals surface area contributed by atoms with Crippen LogP contribution in [0.25, 0.3) is 6.08 Å². The first-order chi connectivity index (χ1) is 19.6. The average molecular weight is 596 g/mol. The highest BCUT2D eigenvalue weighted by Gasteiger charge is 2.34. The van der Waals surface area contributed by atoms with E-state index in [1.807, 2.05) is 17.5 Å². The first kappa shape index (κ1) is 29.6. The van der Waals surface area contributed by atoms with Crippen molar-refractivity contribution in [2.45, 2.75) is 23.2 Å². The van der Waals surface area contributed by atoms with Crippen LogP contribution in [0.4, 0.5) is 24.5 Å². The number of amides is 3. The average Bonchev–Trinajstić information content (AvgIpc) is 3.47. The van der Waals surface area contributed by atoms with Crippen LogP contribution in [0.15, 0.2) is 107 Å². The summed E-state index contributed by atoms with van der Waals surface area (Å²) in [6.45, 7) is 1.59. The highest BCUT2D eigenvalue weighted by atomic mass is 32.2. The maximum atomic E-state index is 13.2. The van der Waals surface area contributed by atoms with E-state index in [1.54, 1.807) is 67.6 Å². The van der Waals surface area contributed by atoms with Crippen LogP contribution in [0, 0.1) is 0 Å². The maximum Gasteiger partial charge on any atom is 0.418 e. The zero-order valence-electron chi connectivity index (χ0n) is 21.6. The third-order valence-corrected chi connectivity index (χ3v) is 7.57. The second kappa shape index (κ2) is 13.3. The molecule has 1 unspecified atom stereocenters. The lowest BCUT2D eigenvalue weighted by Crippen LogP contribution is -2.30. The molecule has 0 radical (unpaired) electrons. The smallest absolute Gasteiger partial charge is 0.325 e. The van der Waals surface area contributed by atoms with Crippen molar-refractivity contribution in [3.05, 3.63) is 118 Å². The van der Waals surface area contributed by atoms with Gasteiger partial charge in [-0.1, -0.05) is 36.4 Å². The molecule has 0 saturated heterocycles. The van der Waals surface area contributed by atoms with Gasteiger partial charge in [0, 0.05) is 21.0 Å². The predicted octanol–water partition coefficient (Wildman–Crippen LogP) is 7.30. The predicted molar refractivity (Wildman–Crippen MR) is 157 cm³/mol. The Morgan fingerprint density at radius 2 is 1.54 bits per heavy atom. The fourth-order valence-electron chi connectivity index (χ4n) is 3.60. The van der Waals surface area contributed by atoms with Gasteiger partial charge in [0.05, 0.1) is 16.5 Å². The molecule has 0 aliphatic carbocycles. The van der Waals surface area contributed by atoms with Gasteiger partial charge in [0.15, 0.2) is 0 Å². The minimum atomic E-state index is -4.59. The van der Waals surface area contributed by atoms with E-state index in [0.717, 1.165) is 22.7 Å². The van der Waals surface area contributed by atoms with Crippen molar-refractivity contribution >= 4 is 58.3 Å². The molecule has 4 aromatic rings. The third-order valence-electron chi connectivity index (χ3n) is 5.64. The van der Waals surface area contributed by atoms with E-state index in [9.17, 15) is 27.6 Å². The highest BCUT2D eigenvalue weighted by molar-refractivity contribution is 8.00. The maximum absolute atomic E-state index is 13.2. The van der Waals surface area contributed by atoms with Crippen molar-refractivity contribution in [2.75, 3.05) is 10.6 Å². The number of thioether (sulfide) groups is 1. The number of thiophene rings is 1. The summed E-state index contributed by atoms with van der Waals surface area (Å²) in [6, 6.07) is 23.6. The van der Waals surface area contributed by atoms with Crippen LogP contribution < -0.4 is 16.0 Å². The number of anilines is 2. The van der Waals surface area contributed by atoms with E-state index in [4.69, 9.17) is 0 Å². The van der Waals surface area contributed by atoms with E-state index in [0.29, 0.717) is 16.1 Å². The quantitative estimate of drug-likeness (QED) is 0.140. The molecule has 1 atom stereocenters. The number of alkyl halides is 3. The number of para-hydroxylation sites is 1. The molecule has 0 saturated carbocycles. The van der Waals surface area contributed by atoms with E-state index in [2.05, 4.69) is 16.0 Å². The Labute approximate surface area is 242 Å². The van der Waals surface area contributed by atoms with Crippen LogP contribution in [-0.4, -0.2) is 23.0 Å². The standard InChI is InChI=1S/C30H24F3N3O3S2/c1-19(27(37)35-25-12-6-5-11-24(25)30(31,32)33)41-22-15-13-21(14-16-22)34-29(39)26(18-23-10-7-17-40-23)36-28(38)20-8-3-2-4-9-20/h2-19H,1H3,(H,34,39)(H,35,37)(H,36,38)/b26-18-. The van der Waals surface area contributed by atoms with Crippen LogP contribution in [0.1, 0.15) is 27.7 Å². The summed E-state index contributed by atoms with van der Waals surface area (Å²) in [6.07, 6.45) is -3.01. The Morgan fingerprint density at radius 3 is 2.20 bits per heavy atom. The molecule has 1 heterocycles. The van der Waals surface area contributed by atoms with Gasteiger partial charge in [-0.3, -0.25) is 14.4 Å². The molecular weight excluding hydrogens is 571 g/mol. The van der Waals surface area contributed by atoms with Crippen LogP contribution in [0.3, 0.4) is 0 Å². The van der Waals surface area contributed by atoms with Gasteiger partial charge < -0.3 is 16.0 Å². The van der Waals surface area contributed by atoms with Gasteiger partial charge in [-0.25, -0.2) is 0 Å². The first-order valence-electron chi connectivity index (χ1n) is 12.3. The van der Waals surface area contributed by atoms with E-state index >= 15 is 0 Å². The molecule has 3 aromatic carbocycles. The molecule has 11 heteroatoms. The van der Waals surface area contributed by atoms with Gasteiger partial charge in [0.2, 0.25) is 5.91 Å². The van der Waals surface area contributed by atoms with Crippen molar-refractivity contribution in [3.8, 4) is 0 Å². The number of nitrogens with one attached hydrogen (secondary N) is 3. The van der Waals surface area contributed by atoms with Gasteiger partial charge in [-0.2, -0.15) is 13.2 Å². The number of carbonyl (C=O) groups is 3. The molecule has 3 N–H and O–H groups in total. The minimum absolute atomic E-state index is 0.0594. The molecule has 0 spiro atoms. The topological polar surface area (TPSA) is 87.3 Å². The van der Waals surface area contributed by atoms with Crippen LogP contribution >= 0.6 is 23.1 Å². The van der Waals surface area contributed by atoms with Crippen LogP contribution in [0.2, 0.25) is 0 Å². The number of hydrogen-bond donors (Lipinski definition) is 3. The zero-order chi connectivity index (χ0) is 29.4. The van der Waals surface area contributed by atoms with E-state index in [1.165, 1.54) is 29.5 Å². The lowest BCUT2D eigenvalue weighted by atomic mass is 10.1. The van der Waals surface area contributed by atoms with Gasteiger partial charge in [0.25, 0.3) is 11.8 Å². The molecule has 6 nitrogen and oxygen atoms in total. The molecule has 0 aliphatic rings. The summed E-state index contributed by atoms with van der Waals surface area (Å²) in [5.41, 5.74) is -0.316. The lowest BCUT2D eigenvalue weighted by molar-refractivity contribution is -0.137. The fraction of sp³-hybridized carbons (Fsp3) is 0.100. The summed E-state index contributed by atoms with van der Waals surface area (Å²) in [4.78, 5) is 39.9. The van der Waals surface area contributed by atoms with E-state index in [-0.39, 0.29) is 11.4 Å². The normalized spacial score (nSPS) is 12.3. The SMILES string of the molecule is CC(Sc1ccc(NC(=O)/C(=C/c2cccs2)NC(=O)c2ccccc2)cc1)C(=O)Nc1ccccc1C(F)(F)F. The number of rotatable bonds is 9. The molecule has 0 fully saturated rings. The molecule has 41 heavy (non-hydrogen) atoms. The zero-order valence-corrected chi connectivity index (χ0v) is 23.2. The number of carbonyl (C=O) groups excluding carboxylic acids is 3. The van der Waals surface area contributed by atoms with Gasteiger partial charge >= 0.3 is 6.18 Å². The molecule has 0 bridgehead atoms. The first-order valence-corrected chi connectivity index (χ1v) is 14.0. The van der Waals surface area contributed by atoms with Crippen molar-refractivity contribution in [2.24, 2.45) is 0 Å². The summed E-state index contributed by atoms with van der Waals surface area (Å²) >= 11 is 2.57.